The van der Waals surface area contributed by atoms with Crippen LogP contribution in [0.15, 0.2) is 24.3 Å². The minimum Gasteiger partial charge on any atom is -0.467 e. The van der Waals surface area contributed by atoms with E-state index >= 15 is 0 Å². The van der Waals surface area contributed by atoms with E-state index < -0.39 is 29.8 Å². The molecule has 1 aromatic rings. The van der Waals surface area contributed by atoms with Crippen LogP contribution >= 0.6 is 0 Å². The summed E-state index contributed by atoms with van der Waals surface area (Å²) in [6.45, 7) is 0. The summed E-state index contributed by atoms with van der Waals surface area (Å²) in [6, 6.07) is 4.33. The molecule has 0 radical (unpaired) electrons. The first-order valence-electron chi connectivity index (χ1n) is 6.92. The van der Waals surface area contributed by atoms with Gasteiger partial charge < -0.3 is 15.4 Å². The molecule has 1 aromatic carbocycles. The van der Waals surface area contributed by atoms with E-state index in [2.05, 4.69) is 15.4 Å². The summed E-state index contributed by atoms with van der Waals surface area (Å²) in [5.41, 5.74) is 0.300. The molecular formula is C15H17FN2O4. The van der Waals surface area contributed by atoms with Crippen molar-refractivity contribution in [2.45, 2.75) is 31.3 Å². The minimum absolute atomic E-state index is 0.0221. The van der Waals surface area contributed by atoms with Crippen molar-refractivity contribution < 1.29 is 23.5 Å². The van der Waals surface area contributed by atoms with Gasteiger partial charge in [0, 0.05) is 12.8 Å². The number of esters is 1. The van der Waals surface area contributed by atoms with Crippen LogP contribution in [0.4, 0.5) is 4.39 Å². The molecule has 2 rings (SSSR count). The Morgan fingerprint density at radius 1 is 1.45 bits per heavy atom. The molecule has 7 heteroatoms. The second kappa shape index (κ2) is 7.02. The van der Waals surface area contributed by atoms with Crippen LogP contribution < -0.4 is 10.6 Å². The highest BCUT2D eigenvalue weighted by Crippen LogP contribution is 2.11. The summed E-state index contributed by atoms with van der Waals surface area (Å²) in [5, 5.41) is 5.03. The van der Waals surface area contributed by atoms with E-state index in [1.54, 1.807) is 12.1 Å². The zero-order valence-corrected chi connectivity index (χ0v) is 12.1. The topological polar surface area (TPSA) is 84.5 Å². The molecule has 0 aromatic heterocycles. The third-order valence-corrected chi connectivity index (χ3v) is 3.50. The molecule has 1 aliphatic rings. The molecule has 0 bridgehead atoms. The summed E-state index contributed by atoms with van der Waals surface area (Å²) in [5.74, 6) is -1.80. The number of halogens is 1. The van der Waals surface area contributed by atoms with E-state index in [9.17, 15) is 18.8 Å². The number of methoxy groups -OCH3 is 1. The molecule has 1 fully saturated rings. The lowest BCUT2D eigenvalue weighted by Gasteiger charge is -2.19. The van der Waals surface area contributed by atoms with E-state index in [1.807, 2.05) is 0 Å². The molecular weight excluding hydrogens is 291 g/mol. The Bertz CT molecular complexity index is 591. The third-order valence-electron chi connectivity index (χ3n) is 3.50. The van der Waals surface area contributed by atoms with E-state index in [1.165, 1.54) is 19.2 Å². The first kappa shape index (κ1) is 15.9. The van der Waals surface area contributed by atoms with Gasteiger partial charge in [0.1, 0.15) is 17.9 Å². The van der Waals surface area contributed by atoms with Gasteiger partial charge in [-0.15, -0.1) is 0 Å². The summed E-state index contributed by atoms with van der Waals surface area (Å²) in [4.78, 5) is 35.0. The van der Waals surface area contributed by atoms with E-state index in [-0.39, 0.29) is 18.7 Å². The van der Waals surface area contributed by atoms with Gasteiger partial charge in [0.2, 0.25) is 11.8 Å². The number of rotatable bonds is 5. The van der Waals surface area contributed by atoms with Crippen molar-refractivity contribution in [2.24, 2.45) is 0 Å². The monoisotopic (exact) mass is 308 g/mol. The van der Waals surface area contributed by atoms with Gasteiger partial charge in [-0.2, -0.15) is 0 Å². The van der Waals surface area contributed by atoms with Gasteiger partial charge in [0.25, 0.3) is 0 Å². The number of carbonyl (C=O) groups excluding carboxylic acids is 3. The maximum absolute atomic E-state index is 13.7. The number of amides is 2. The van der Waals surface area contributed by atoms with Crippen molar-refractivity contribution in [3.05, 3.63) is 35.6 Å². The Morgan fingerprint density at radius 3 is 2.77 bits per heavy atom. The Labute approximate surface area is 127 Å². The van der Waals surface area contributed by atoms with Crippen molar-refractivity contribution in [1.82, 2.24) is 10.6 Å². The molecule has 2 atom stereocenters. The number of nitrogens with one attached hydrogen (secondary N) is 2. The predicted octanol–water partition coefficient (Wildman–Crippen LogP) is 0.305. The highest BCUT2D eigenvalue weighted by Gasteiger charge is 2.31. The van der Waals surface area contributed by atoms with Crippen LogP contribution in [0.5, 0.6) is 0 Å². The molecule has 1 aliphatic heterocycles. The number of benzene rings is 1. The van der Waals surface area contributed by atoms with Crippen LogP contribution in [-0.4, -0.2) is 37.0 Å². The van der Waals surface area contributed by atoms with Gasteiger partial charge in [-0.1, -0.05) is 18.2 Å². The molecule has 0 saturated carbocycles. The Kier molecular flexibility index (Phi) is 5.08. The fraction of sp³-hybridized carbons (Fsp3) is 0.400. The maximum Gasteiger partial charge on any atom is 0.328 e. The van der Waals surface area contributed by atoms with Gasteiger partial charge in [-0.05, 0) is 18.1 Å². The normalized spacial score (nSPS) is 18.5. The van der Waals surface area contributed by atoms with Crippen molar-refractivity contribution in [3.8, 4) is 0 Å². The Morgan fingerprint density at radius 2 is 2.18 bits per heavy atom. The van der Waals surface area contributed by atoms with Crippen LogP contribution in [0.2, 0.25) is 0 Å². The zero-order valence-electron chi connectivity index (χ0n) is 12.1. The predicted molar refractivity (Wildman–Crippen MR) is 75.2 cm³/mol. The second-order valence-electron chi connectivity index (χ2n) is 5.04. The van der Waals surface area contributed by atoms with Gasteiger partial charge >= 0.3 is 5.97 Å². The summed E-state index contributed by atoms with van der Waals surface area (Å²) >= 11 is 0. The number of hydrogen-bond donors (Lipinski definition) is 2. The largest absolute Gasteiger partial charge is 0.467 e. The molecule has 118 valence electrons. The van der Waals surface area contributed by atoms with Crippen molar-refractivity contribution in [2.75, 3.05) is 7.11 Å². The molecule has 1 heterocycles. The second-order valence-corrected chi connectivity index (χ2v) is 5.04. The van der Waals surface area contributed by atoms with E-state index in [0.717, 1.165) is 0 Å². The van der Waals surface area contributed by atoms with Gasteiger partial charge in [0.15, 0.2) is 0 Å². The lowest BCUT2D eigenvalue weighted by Crippen LogP contribution is -2.50. The van der Waals surface area contributed by atoms with E-state index in [4.69, 9.17) is 0 Å². The molecule has 0 aliphatic carbocycles. The quantitative estimate of drug-likeness (QED) is 0.767. The maximum atomic E-state index is 13.7. The Hall–Kier alpha value is -2.44. The highest BCUT2D eigenvalue weighted by atomic mass is 19.1. The van der Waals surface area contributed by atoms with Crippen LogP contribution in [0.25, 0.3) is 0 Å². The average molecular weight is 308 g/mol. The van der Waals surface area contributed by atoms with E-state index in [0.29, 0.717) is 12.0 Å². The lowest BCUT2D eigenvalue weighted by molar-refractivity contribution is -0.145. The first-order chi connectivity index (χ1) is 10.5. The van der Waals surface area contributed by atoms with Crippen molar-refractivity contribution in [3.63, 3.8) is 0 Å². The Balaban J connectivity index is 2.06. The van der Waals surface area contributed by atoms with Gasteiger partial charge in [-0.25, -0.2) is 9.18 Å². The number of ether oxygens (including phenoxy) is 1. The molecule has 0 unspecified atom stereocenters. The van der Waals surface area contributed by atoms with Crippen LogP contribution in [0, 0.1) is 5.82 Å². The molecule has 2 N–H and O–H groups in total. The molecule has 22 heavy (non-hydrogen) atoms. The fourth-order valence-corrected chi connectivity index (χ4v) is 2.30. The first-order valence-corrected chi connectivity index (χ1v) is 6.92. The number of hydrogen-bond acceptors (Lipinski definition) is 4. The van der Waals surface area contributed by atoms with Gasteiger partial charge in [0.05, 0.1) is 7.11 Å². The van der Waals surface area contributed by atoms with Crippen molar-refractivity contribution >= 4 is 17.8 Å². The molecule has 6 nitrogen and oxygen atoms in total. The van der Waals surface area contributed by atoms with Crippen molar-refractivity contribution in [1.29, 1.82) is 0 Å². The average Bonchev–Trinajstić information content (AvgIpc) is 2.94. The molecule has 0 spiro atoms. The third kappa shape index (κ3) is 3.81. The van der Waals surface area contributed by atoms with Crippen LogP contribution in [0.3, 0.4) is 0 Å². The smallest absolute Gasteiger partial charge is 0.328 e. The van der Waals surface area contributed by atoms with Gasteiger partial charge in [-0.3, -0.25) is 9.59 Å². The lowest BCUT2D eigenvalue weighted by atomic mass is 10.0. The molecule has 2 amide bonds. The molecule has 1 saturated heterocycles. The summed E-state index contributed by atoms with van der Waals surface area (Å²) in [7, 11) is 1.19. The SMILES string of the molecule is COC(=O)[C@@H](Cc1ccccc1F)NC(=O)[C@@H]1CCC(=O)N1. The highest BCUT2D eigenvalue weighted by molar-refractivity contribution is 5.93. The fourth-order valence-electron chi connectivity index (χ4n) is 2.30. The van der Waals surface area contributed by atoms with Crippen LogP contribution in [0.1, 0.15) is 18.4 Å². The summed E-state index contributed by atoms with van der Waals surface area (Å²) in [6.07, 6.45) is 0.623. The standard InChI is InChI=1S/C15H17FN2O4/c1-22-15(21)12(8-9-4-2-3-5-10(9)16)18-14(20)11-6-7-13(19)17-11/h2-5,11-12H,6-8H2,1H3,(H,17,19)(H,18,20)/t11-,12+/m0/s1. The zero-order chi connectivity index (χ0) is 16.1. The minimum atomic E-state index is -1.01. The van der Waals surface area contributed by atoms with Crippen LogP contribution in [-0.2, 0) is 25.5 Å². The summed E-state index contributed by atoms with van der Waals surface area (Å²) < 4.78 is 18.3. The number of carbonyl (C=O) groups is 3.